The molecule has 3 unspecified atom stereocenters. The van der Waals surface area contributed by atoms with Crippen LogP contribution in [0.2, 0.25) is 0 Å². The van der Waals surface area contributed by atoms with E-state index >= 15 is 0 Å². The Bertz CT molecular complexity index is 288. The summed E-state index contributed by atoms with van der Waals surface area (Å²) in [4.78, 5) is 16.7. The zero-order chi connectivity index (χ0) is 12.0. The minimum Gasteiger partial charge on any atom is -0.342 e. The maximum Gasteiger partial charge on any atom is 0.240 e. The van der Waals surface area contributed by atoms with Crippen LogP contribution >= 0.6 is 0 Å². The van der Waals surface area contributed by atoms with Gasteiger partial charge in [-0.1, -0.05) is 0 Å². The van der Waals surface area contributed by atoms with Crippen molar-refractivity contribution in [3.63, 3.8) is 0 Å². The lowest BCUT2D eigenvalue weighted by Gasteiger charge is -2.34. The predicted octanol–water partition coefficient (Wildman–Crippen LogP) is 1.58. The molecule has 0 aromatic carbocycles. The first kappa shape index (κ1) is 11.9. The Morgan fingerprint density at radius 1 is 1.31 bits per heavy atom. The molecule has 0 bridgehead atoms. The molecule has 92 valence electrons. The number of rotatable bonds is 3. The topological polar surface area (TPSA) is 23.6 Å². The van der Waals surface area contributed by atoms with Crippen molar-refractivity contribution in [2.45, 2.75) is 52.2 Å². The van der Waals surface area contributed by atoms with Crippen LogP contribution in [0.15, 0.2) is 0 Å². The molecule has 0 N–H and O–H groups in total. The molecule has 1 aliphatic heterocycles. The van der Waals surface area contributed by atoms with Crippen LogP contribution in [-0.4, -0.2) is 47.4 Å². The van der Waals surface area contributed by atoms with Gasteiger partial charge in [0.05, 0.1) is 6.04 Å². The summed E-state index contributed by atoms with van der Waals surface area (Å²) >= 11 is 0. The number of amides is 1. The molecule has 0 radical (unpaired) electrons. The molecule has 16 heavy (non-hydrogen) atoms. The molecule has 0 spiro atoms. The third-order valence-electron chi connectivity index (χ3n) is 4.22. The summed E-state index contributed by atoms with van der Waals surface area (Å²) in [5.74, 6) is 1.78. The van der Waals surface area contributed by atoms with Crippen molar-refractivity contribution in [2.75, 3.05) is 13.6 Å². The summed E-state index contributed by atoms with van der Waals surface area (Å²) < 4.78 is 0. The second-order valence-electron chi connectivity index (χ2n) is 5.94. The number of nitrogens with zero attached hydrogens (tertiary/aromatic N) is 2. The molecule has 1 aliphatic carbocycles. The molecule has 1 saturated heterocycles. The molecule has 3 heteroatoms. The maximum atomic E-state index is 12.4. The van der Waals surface area contributed by atoms with Gasteiger partial charge in [0.1, 0.15) is 0 Å². The van der Waals surface area contributed by atoms with Gasteiger partial charge in [-0.15, -0.1) is 0 Å². The monoisotopic (exact) mass is 224 g/mol. The maximum absolute atomic E-state index is 12.4. The number of hydrogen-bond donors (Lipinski definition) is 0. The quantitative estimate of drug-likeness (QED) is 0.726. The van der Waals surface area contributed by atoms with E-state index in [2.05, 4.69) is 32.6 Å². The Balaban J connectivity index is 2.09. The van der Waals surface area contributed by atoms with Gasteiger partial charge >= 0.3 is 0 Å². The zero-order valence-electron chi connectivity index (χ0n) is 11.1. The molecule has 0 aromatic heterocycles. The van der Waals surface area contributed by atoms with Crippen molar-refractivity contribution in [3.8, 4) is 0 Å². The highest BCUT2D eigenvalue weighted by atomic mass is 16.2. The van der Waals surface area contributed by atoms with E-state index in [9.17, 15) is 4.79 Å². The standard InChI is InChI=1S/C13H24N2O/c1-8(2)14(5)13(16)12-11-6-10(11)7-15(12)9(3)4/h8-12H,6-7H2,1-5H3. The van der Waals surface area contributed by atoms with Crippen molar-refractivity contribution < 1.29 is 4.79 Å². The lowest BCUT2D eigenvalue weighted by molar-refractivity contribution is -0.137. The Kier molecular flexibility index (Phi) is 2.99. The molecular formula is C13H24N2O. The van der Waals surface area contributed by atoms with Crippen LogP contribution in [0, 0.1) is 11.8 Å². The van der Waals surface area contributed by atoms with Crippen LogP contribution in [0.5, 0.6) is 0 Å². The van der Waals surface area contributed by atoms with E-state index in [0.29, 0.717) is 23.9 Å². The number of carbonyl (C=O) groups is 1. The zero-order valence-corrected chi connectivity index (χ0v) is 11.1. The molecule has 1 saturated carbocycles. The van der Waals surface area contributed by atoms with E-state index in [0.717, 1.165) is 12.5 Å². The second kappa shape index (κ2) is 4.02. The minimum absolute atomic E-state index is 0.164. The molecule has 2 aliphatic rings. The van der Waals surface area contributed by atoms with Crippen LogP contribution < -0.4 is 0 Å². The van der Waals surface area contributed by atoms with E-state index in [1.807, 2.05) is 11.9 Å². The fourth-order valence-corrected chi connectivity index (χ4v) is 2.82. The normalized spacial score (nSPS) is 33.3. The minimum atomic E-state index is 0.164. The Morgan fingerprint density at radius 3 is 2.44 bits per heavy atom. The Hall–Kier alpha value is -0.570. The van der Waals surface area contributed by atoms with Crippen molar-refractivity contribution in [3.05, 3.63) is 0 Å². The fourth-order valence-electron chi connectivity index (χ4n) is 2.82. The third kappa shape index (κ3) is 1.86. The van der Waals surface area contributed by atoms with Crippen molar-refractivity contribution in [1.82, 2.24) is 9.80 Å². The summed E-state index contributed by atoms with van der Waals surface area (Å²) in [6.45, 7) is 9.68. The highest BCUT2D eigenvalue weighted by molar-refractivity contribution is 5.83. The van der Waals surface area contributed by atoms with Crippen molar-refractivity contribution in [1.29, 1.82) is 0 Å². The highest BCUT2D eigenvalue weighted by Crippen LogP contribution is 2.50. The third-order valence-corrected chi connectivity index (χ3v) is 4.22. The van der Waals surface area contributed by atoms with E-state index in [-0.39, 0.29) is 6.04 Å². The largest absolute Gasteiger partial charge is 0.342 e. The van der Waals surface area contributed by atoms with Gasteiger partial charge in [0, 0.05) is 25.7 Å². The van der Waals surface area contributed by atoms with Crippen LogP contribution in [0.4, 0.5) is 0 Å². The molecule has 0 aromatic rings. The van der Waals surface area contributed by atoms with Gasteiger partial charge < -0.3 is 4.90 Å². The number of likely N-dealkylation sites (N-methyl/N-ethyl adjacent to an activating group) is 1. The average Bonchev–Trinajstić information content (AvgIpc) is 2.87. The van der Waals surface area contributed by atoms with Gasteiger partial charge in [0.15, 0.2) is 0 Å². The summed E-state index contributed by atoms with van der Waals surface area (Å²) in [5.41, 5.74) is 0. The SMILES string of the molecule is CC(C)N(C)C(=O)C1C2CC2CN1C(C)C. The van der Waals surface area contributed by atoms with Crippen LogP contribution in [0.25, 0.3) is 0 Å². The summed E-state index contributed by atoms with van der Waals surface area (Å²) in [5, 5.41) is 0. The van der Waals surface area contributed by atoms with E-state index in [4.69, 9.17) is 0 Å². The van der Waals surface area contributed by atoms with Crippen LogP contribution in [-0.2, 0) is 4.79 Å². The van der Waals surface area contributed by atoms with Gasteiger partial charge in [0.25, 0.3) is 0 Å². The van der Waals surface area contributed by atoms with E-state index in [1.54, 1.807) is 0 Å². The molecule has 3 atom stereocenters. The van der Waals surface area contributed by atoms with Crippen molar-refractivity contribution in [2.24, 2.45) is 11.8 Å². The first-order valence-electron chi connectivity index (χ1n) is 6.46. The molecule has 2 fully saturated rings. The first-order valence-corrected chi connectivity index (χ1v) is 6.46. The number of likely N-dealkylation sites (tertiary alicyclic amines) is 1. The number of carbonyl (C=O) groups excluding carboxylic acids is 1. The van der Waals surface area contributed by atoms with E-state index < -0.39 is 0 Å². The smallest absolute Gasteiger partial charge is 0.240 e. The van der Waals surface area contributed by atoms with Gasteiger partial charge in [0.2, 0.25) is 5.91 Å². The number of piperidine rings is 1. The van der Waals surface area contributed by atoms with E-state index in [1.165, 1.54) is 6.42 Å². The lowest BCUT2D eigenvalue weighted by atomic mass is 10.1. The highest BCUT2D eigenvalue weighted by Gasteiger charge is 2.56. The Labute approximate surface area is 98.8 Å². The predicted molar refractivity (Wildman–Crippen MR) is 65.1 cm³/mol. The summed E-state index contributed by atoms with van der Waals surface area (Å²) in [7, 11) is 1.93. The number of fused-ring (bicyclic) bond motifs is 1. The van der Waals surface area contributed by atoms with Crippen LogP contribution in [0.1, 0.15) is 34.1 Å². The van der Waals surface area contributed by atoms with Crippen molar-refractivity contribution >= 4 is 5.91 Å². The average molecular weight is 224 g/mol. The molecule has 1 heterocycles. The Morgan fingerprint density at radius 2 is 1.94 bits per heavy atom. The second-order valence-corrected chi connectivity index (χ2v) is 5.94. The molecule has 2 rings (SSSR count). The fraction of sp³-hybridized carbons (Fsp3) is 0.923. The summed E-state index contributed by atoms with van der Waals surface area (Å²) in [6, 6.07) is 0.957. The number of hydrogen-bond acceptors (Lipinski definition) is 2. The molecular weight excluding hydrogens is 200 g/mol. The lowest BCUT2D eigenvalue weighted by Crippen LogP contribution is -2.50. The first-order chi connectivity index (χ1) is 7.43. The van der Waals surface area contributed by atoms with Gasteiger partial charge in [-0.25, -0.2) is 0 Å². The summed E-state index contributed by atoms with van der Waals surface area (Å²) in [6.07, 6.45) is 1.27. The van der Waals surface area contributed by atoms with Gasteiger partial charge in [-0.05, 0) is 46.0 Å². The molecule has 3 nitrogen and oxygen atoms in total. The van der Waals surface area contributed by atoms with Gasteiger partial charge in [-0.2, -0.15) is 0 Å². The molecule has 1 amide bonds. The van der Waals surface area contributed by atoms with Crippen LogP contribution in [0.3, 0.4) is 0 Å². The van der Waals surface area contributed by atoms with Gasteiger partial charge in [-0.3, -0.25) is 9.69 Å².